The van der Waals surface area contributed by atoms with Gasteiger partial charge in [0.15, 0.2) is 0 Å². The van der Waals surface area contributed by atoms with Gasteiger partial charge >= 0.3 is 0 Å². The van der Waals surface area contributed by atoms with E-state index in [0.717, 1.165) is 5.69 Å². The molecule has 0 bridgehead atoms. The molecular formula is C18H26N4O2S. The van der Waals surface area contributed by atoms with Gasteiger partial charge in [-0.1, -0.05) is 43.9 Å². The van der Waals surface area contributed by atoms with Crippen LogP contribution in [0.2, 0.25) is 0 Å². The van der Waals surface area contributed by atoms with Crippen molar-refractivity contribution in [1.29, 1.82) is 0 Å². The highest BCUT2D eigenvalue weighted by Crippen LogP contribution is 2.17. The predicted molar refractivity (Wildman–Crippen MR) is 98.2 cm³/mol. The van der Waals surface area contributed by atoms with Crippen LogP contribution in [0, 0.1) is 0 Å². The van der Waals surface area contributed by atoms with Crippen LogP contribution in [0.25, 0.3) is 5.69 Å². The van der Waals surface area contributed by atoms with Gasteiger partial charge in [-0.15, -0.1) is 0 Å². The average Bonchev–Trinajstić information content (AvgIpc) is 2.99. The van der Waals surface area contributed by atoms with Gasteiger partial charge in [0, 0.05) is 19.1 Å². The topological polar surface area (TPSA) is 76.0 Å². The Morgan fingerprint density at radius 1 is 1.04 bits per heavy atom. The zero-order valence-electron chi connectivity index (χ0n) is 14.4. The van der Waals surface area contributed by atoms with E-state index < -0.39 is 10.0 Å². The lowest BCUT2D eigenvalue weighted by Crippen LogP contribution is -2.36. The smallest absolute Gasteiger partial charge is 0.243 e. The number of para-hydroxylation sites is 1. The third-order valence-corrected chi connectivity index (χ3v) is 6.01. The number of benzene rings is 1. The Bertz CT molecular complexity index is 750. The summed E-state index contributed by atoms with van der Waals surface area (Å²) in [6.07, 6.45) is 10.5. The fourth-order valence-corrected chi connectivity index (χ4v) is 4.16. The molecule has 1 aromatic heterocycles. The first-order chi connectivity index (χ1) is 12.1. The number of sulfonamides is 1. The van der Waals surface area contributed by atoms with E-state index in [1.165, 1.54) is 50.9 Å². The summed E-state index contributed by atoms with van der Waals surface area (Å²) in [6, 6.07) is 9.98. The predicted octanol–water partition coefficient (Wildman–Crippen LogP) is 2.46. The number of hydrogen-bond donors (Lipinski definition) is 2. The van der Waals surface area contributed by atoms with Gasteiger partial charge in [0.25, 0.3) is 0 Å². The van der Waals surface area contributed by atoms with E-state index in [1.807, 2.05) is 30.3 Å². The van der Waals surface area contributed by atoms with Gasteiger partial charge < -0.3 is 5.32 Å². The minimum atomic E-state index is -3.53. The molecule has 136 valence electrons. The Morgan fingerprint density at radius 2 is 1.76 bits per heavy atom. The minimum absolute atomic E-state index is 0.186. The first-order valence-corrected chi connectivity index (χ1v) is 10.5. The average molecular weight is 362 g/mol. The second kappa shape index (κ2) is 8.60. The molecule has 0 aliphatic heterocycles. The van der Waals surface area contributed by atoms with Crippen LogP contribution in [-0.2, 0) is 10.0 Å². The largest absolute Gasteiger partial charge is 0.313 e. The second-order valence-electron chi connectivity index (χ2n) is 6.50. The van der Waals surface area contributed by atoms with Crippen LogP contribution in [0.5, 0.6) is 0 Å². The van der Waals surface area contributed by atoms with E-state index in [9.17, 15) is 8.42 Å². The maximum atomic E-state index is 12.4. The first kappa shape index (κ1) is 18.1. The summed E-state index contributed by atoms with van der Waals surface area (Å²) < 4.78 is 29.0. The Kier molecular flexibility index (Phi) is 6.23. The third kappa shape index (κ3) is 5.14. The first-order valence-electron chi connectivity index (χ1n) is 8.98. The van der Waals surface area contributed by atoms with Crippen LogP contribution < -0.4 is 10.0 Å². The van der Waals surface area contributed by atoms with Gasteiger partial charge in [-0.05, 0) is 25.0 Å². The van der Waals surface area contributed by atoms with E-state index >= 15 is 0 Å². The molecule has 1 saturated carbocycles. The van der Waals surface area contributed by atoms with Crippen molar-refractivity contribution in [3.05, 3.63) is 42.7 Å². The third-order valence-electron chi connectivity index (χ3n) is 4.60. The molecule has 25 heavy (non-hydrogen) atoms. The number of rotatable bonds is 7. The Balaban J connectivity index is 1.51. The number of hydrogen-bond acceptors (Lipinski definition) is 4. The molecule has 1 aliphatic rings. The number of aromatic nitrogens is 2. The lowest BCUT2D eigenvalue weighted by molar-refractivity contribution is 0.461. The van der Waals surface area contributed by atoms with Crippen LogP contribution in [0.1, 0.15) is 38.5 Å². The molecule has 1 heterocycles. The van der Waals surface area contributed by atoms with Crippen molar-refractivity contribution < 1.29 is 8.42 Å². The standard InChI is InChI=1S/C18H26N4O2S/c23-25(24,21-13-12-19-16-8-4-1-2-5-9-16)18-14-20-22(15-18)17-10-6-3-7-11-17/h3,6-7,10-11,14-16,19,21H,1-2,4-5,8-9,12-13H2. The SMILES string of the molecule is O=S(=O)(NCCNC1CCCCCC1)c1cnn(-c2ccccc2)c1. The Labute approximate surface area is 149 Å². The molecule has 0 spiro atoms. The van der Waals surface area contributed by atoms with E-state index in [0.29, 0.717) is 19.1 Å². The zero-order chi connectivity index (χ0) is 17.5. The van der Waals surface area contributed by atoms with Gasteiger partial charge in [-0.25, -0.2) is 17.8 Å². The van der Waals surface area contributed by atoms with Crippen LogP contribution >= 0.6 is 0 Å². The fourth-order valence-electron chi connectivity index (χ4n) is 3.20. The van der Waals surface area contributed by atoms with Gasteiger partial charge in [-0.3, -0.25) is 0 Å². The molecule has 7 heteroatoms. The van der Waals surface area contributed by atoms with Crippen molar-refractivity contribution >= 4 is 10.0 Å². The van der Waals surface area contributed by atoms with Crippen LogP contribution in [-0.4, -0.2) is 37.3 Å². The van der Waals surface area contributed by atoms with E-state index in [2.05, 4.69) is 15.1 Å². The Morgan fingerprint density at radius 3 is 2.48 bits per heavy atom. The molecule has 3 rings (SSSR count). The van der Waals surface area contributed by atoms with Gasteiger partial charge in [0.2, 0.25) is 10.0 Å². The van der Waals surface area contributed by atoms with Crippen LogP contribution in [0.3, 0.4) is 0 Å². The van der Waals surface area contributed by atoms with Gasteiger partial charge in [0.1, 0.15) is 4.90 Å². The quantitative estimate of drug-likeness (QED) is 0.586. The molecule has 0 amide bonds. The van der Waals surface area contributed by atoms with Crippen molar-refractivity contribution in [1.82, 2.24) is 19.8 Å². The normalized spacial score (nSPS) is 16.6. The molecule has 2 aromatic rings. The lowest BCUT2D eigenvalue weighted by Gasteiger charge is -2.16. The summed E-state index contributed by atoms with van der Waals surface area (Å²) in [7, 11) is -3.53. The summed E-state index contributed by atoms with van der Waals surface area (Å²) >= 11 is 0. The molecule has 0 saturated heterocycles. The highest BCUT2D eigenvalue weighted by molar-refractivity contribution is 7.89. The highest BCUT2D eigenvalue weighted by atomic mass is 32.2. The summed E-state index contributed by atoms with van der Waals surface area (Å²) in [5.74, 6) is 0. The van der Waals surface area contributed by atoms with Crippen molar-refractivity contribution in [2.24, 2.45) is 0 Å². The minimum Gasteiger partial charge on any atom is -0.313 e. The summed E-state index contributed by atoms with van der Waals surface area (Å²) in [5.41, 5.74) is 0.832. The molecule has 1 aromatic carbocycles. The number of nitrogens with one attached hydrogen (secondary N) is 2. The van der Waals surface area contributed by atoms with Crippen LogP contribution in [0.4, 0.5) is 0 Å². The summed E-state index contributed by atoms with van der Waals surface area (Å²) in [4.78, 5) is 0.186. The molecule has 0 unspecified atom stereocenters. The highest BCUT2D eigenvalue weighted by Gasteiger charge is 2.17. The second-order valence-corrected chi connectivity index (χ2v) is 8.26. The zero-order valence-corrected chi connectivity index (χ0v) is 15.2. The number of nitrogens with zero attached hydrogens (tertiary/aromatic N) is 2. The monoisotopic (exact) mass is 362 g/mol. The van der Waals surface area contributed by atoms with E-state index in [4.69, 9.17) is 0 Å². The van der Waals surface area contributed by atoms with Gasteiger partial charge in [-0.2, -0.15) is 5.10 Å². The molecule has 1 fully saturated rings. The molecule has 0 radical (unpaired) electrons. The summed E-state index contributed by atoms with van der Waals surface area (Å²) in [6.45, 7) is 1.03. The molecule has 2 N–H and O–H groups in total. The lowest BCUT2D eigenvalue weighted by atomic mass is 10.1. The molecule has 6 nitrogen and oxygen atoms in total. The van der Waals surface area contributed by atoms with Crippen molar-refractivity contribution in [3.63, 3.8) is 0 Å². The van der Waals surface area contributed by atoms with Crippen molar-refractivity contribution in [3.8, 4) is 5.69 Å². The Hall–Kier alpha value is -1.70. The molecule has 0 atom stereocenters. The van der Waals surface area contributed by atoms with Gasteiger partial charge in [0.05, 0.1) is 18.1 Å². The maximum absolute atomic E-state index is 12.4. The summed E-state index contributed by atoms with van der Waals surface area (Å²) in [5, 5.41) is 7.62. The molecule has 1 aliphatic carbocycles. The van der Waals surface area contributed by atoms with Crippen LogP contribution in [0.15, 0.2) is 47.6 Å². The molecular weight excluding hydrogens is 336 g/mol. The van der Waals surface area contributed by atoms with E-state index in [1.54, 1.807) is 4.68 Å². The maximum Gasteiger partial charge on any atom is 0.243 e. The fraction of sp³-hybridized carbons (Fsp3) is 0.500. The van der Waals surface area contributed by atoms with E-state index in [-0.39, 0.29) is 4.90 Å². The van der Waals surface area contributed by atoms with Crippen molar-refractivity contribution in [2.45, 2.75) is 49.5 Å². The van der Waals surface area contributed by atoms with Crippen molar-refractivity contribution in [2.75, 3.05) is 13.1 Å².